The predicted molar refractivity (Wildman–Crippen MR) is 179 cm³/mol. The zero-order valence-electron chi connectivity index (χ0n) is 27.9. The van der Waals surface area contributed by atoms with Gasteiger partial charge in [0.2, 0.25) is 0 Å². The minimum Gasteiger partial charge on any atom is -0.379 e. The van der Waals surface area contributed by atoms with Crippen molar-refractivity contribution in [2.75, 3.05) is 54.1 Å². The summed E-state index contributed by atoms with van der Waals surface area (Å²) in [7, 11) is 4.64. The van der Waals surface area contributed by atoms with Crippen molar-refractivity contribution in [1.82, 2.24) is 0 Å². The number of hydrogen-bond donors (Lipinski definition) is 1. The molecule has 0 heterocycles. The van der Waals surface area contributed by atoms with Gasteiger partial charge in [-0.15, -0.1) is 0 Å². The molecule has 0 aliphatic rings. The molecular formula is C35H67NO5P+. The minimum atomic E-state index is -1.90. The Hall–Kier alpha value is -0.590. The first kappa shape index (κ1) is 39.4. The van der Waals surface area contributed by atoms with Crippen LogP contribution < -0.4 is 0 Å². The van der Waals surface area contributed by atoms with Gasteiger partial charge in [-0.2, -0.15) is 0 Å². The summed E-state index contributed by atoms with van der Waals surface area (Å²) in [6.45, 7) is 5.82. The van der Waals surface area contributed by atoms with Crippen LogP contribution in [0.3, 0.4) is 0 Å². The van der Waals surface area contributed by atoms with Crippen LogP contribution >= 0.6 is 8.60 Å². The van der Waals surface area contributed by atoms with Gasteiger partial charge in [0, 0.05) is 6.61 Å². The molecule has 0 aromatic heterocycles. The van der Waals surface area contributed by atoms with Crippen molar-refractivity contribution in [3.05, 3.63) is 35.9 Å². The summed E-state index contributed by atoms with van der Waals surface area (Å²) in [6.07, 6.45) is 23.6. The lowest BCUT2D eigenvalue weighted by molar-refractivity contribution is -0.870. The topological polar surface area (TPSA) is 57.2 Å². The molecule has 0 aliphatic carbocycles. The van der Waals surface area contributed by atoms with Gasteiger partial charge in [-0.25, -0.2) is 0 Å². The normalized spacial score (nSPS) is 13.5. The standard InChI is InChI=1S/C35H67NO5P/c1-5-6-7-8-9-10-11-12-13-14-15-16-17-18-19-24-29-38-32-35(39-31-34-26-21-20-22-27-34)33-41-42(37)40-30-25-23-28-36(2,3)4/h20-22,26-27,35,37H,5-19,23-25,28-33H2,1-4H3/q+1. The number of nitrogens with zero attached hydrogens (tertiary/aromatic N) is 1. The van der Waals surface area contributed by atoms with Gasteiger partial charge < -0.3 is 27.9 Å². The molecule has 0 aliphatic heterocycles. The van der Waals surface area contributed by atoms with E-state index in [0.29, 0.717) is 19.8 Å². The van der Waals surface area contributed by atoms with Crippen molar-refractivity contribution < 1.29 is 27.9 Å². The third-order valence-corrected chi connectivity index (χ3v) is 8.34. The third kappa shape index (κ3) is 27.0. The summed E-state index contributed by atoms with van der Waals surface area (Å²) >= 11 is 0. The summed E-state index contributed by atoms with van der Waals surface area (Å²) in [5.74, 6) is 0. The number of unbranched alkanes of at least 4 members (excludes halogenated alkanes) is 16. The van der Waals surface area contributed by atoms with Crippen molar-refractivity contribution >= 4 is 8.60 Å². The van der Waals surface area contributed by atoms with E-state index in [1.54, 1.807) is 0 Å². The van der Waals surface area contributed by atoms with Gasteiger partial charge in [-0.3, -0.25) is 0 Å². The summed E-state index contributed by atoms with van der Waals surface area (Å²) in [4.78, 5) is 10.2. The highest BCUT2D eigenvalue weighted by molar-refractivity contribution is 7.40. The summed E-state index contributed by atoms with van der Waals surface area (Å²) < 4.78 is 24.1. The van der Waals surface area contributed by atoms with Crippen molar-refractivity contribution in [3.63, 3.8) is 0 Å². The monoisotopic (exact) mass is 612 g/mol. The van der Waals surface area contributed by atoms with E-state index >= 15 is 0 Å². The Balaban J connectivity index is 2.08. The Morgan fingerprint density at radius 1 is 0.643 bits per heavy atom. The molecule has 0 radical (unpaired) electrons. The molecule has 0 saturated heterocycles. The molecule has 2 unspecified atom stereocenters. The van der Waals surface area contributed by atoms with Crippen LogP contribution in [-0.2, 0) is 25.1 Å². The van der Waals surface area contributed by atoms with Crippen LogP contribution in [0.4, 0.5) is 0 Å². The van der Waals surface area contributed by atoms with E-state index in [-0.39, 0.29) is 12.7 Å². The fourth-order valence-corrected chi connectivity index (χ4v) is 5.57. The lowest BCUT2D eigenvalue weighted by atomic mass is 10.0. The molecule has 6 nitrogen and oxygen atoms in total. The van der Waals surface area contributed by atoms with Gasteiger partial charge in [0.15, 0.2) is 0 Å². The quantitative estimate of drug-likeness (QED) is 0.0514. The maximum absolute atomic E-state index is 10.2. The number of rotatable bonds is 31. The Kier molecular flexibility index (Phi) is 26.2. The van der Waals surface area contributed by atoms with Crippen LogP contribution in [0.25, 0.3) is 0 Å². The zero-order chi connectivity index (χ0) is 30.6. The second kappa shape index (κ2) is 27.9. The highest BCUT2D eigenvalue weighted by Crippen LogP contribution is 2.33. The van der Waals surface area contributed by atoms with Crippen LogP contribution in [-0.4, -0.2) is 69.6 Å². The van der Waals surface area contributed by atoms with Crippen molar-refractivity contribution in [2.45, 2.75) is 135 Å². The SMILES string of the molecule is CCCCCCCCCCCCCCCCCCOCC(COP(O)OCCCC[N+](C)(C)C)OCc1ccccc1. The van der Waals surface area contributed by atoms with Gasteiger partial charge in [0.1, 0.15) is 6.10 Å². The van der Waals surface area contributed by atoms with E-state index in [9.17, 15) is 4.89 Å². The average molecular weight is 613 g/mol. The van der Waals surface area contributed by atoms with E-state index in [0.717, 1.165) is 42.5 Å². The first-order valence-electron chi connectivity index (χ1n) is 17.2. The molecule has 1 rings (SSSR count). The van der Waals surface area contributed by atoms with E-state index in [1.165, 1.54) is 96.3 Å². The molecule has 0 saturated carbocycles. The number of hydrogen-bond acceptors (Lipinski definition) is 5. The molecule has 1 aromatic carbocycles. The fourth-order valence-electron chi connectivity index (χ4n) is 4.91. The Morgan fingerprint density at radius 3 is 1.71 bits per heavy atom. The second-order valence-corrected chi connectivity index (χ2v) is 13.9. The molecule has 2 atom stereocenters. The average Bonchev–Trinajstić information content (AvgIpc) is 2.97. The van der Waals surface area contributed by atoms with E-state index in [4.69, 9.17) is 18.5 Å². The van der Waals surface area contributed by atoms with Crippen LogP contribution in [0.15, 0.2) is 30.3 Å². The second-order valence-electron chi connectivity index (χ2n) is 12.9. The third-order valence-electron chi connectivity index (χ3n) is 7.57. The zero-order valence-corrected chi connectivity index (χ0v) is 28.8. The first-order valence-corrected chi connectivity index (χ1v) is 18.3. The van der Waals surface area contributed by atoms with Crippen LogP contribution in [0.2, 0.25) is 0 Å². The highest BCUT2D eigenvalue weighted by Gasteiger charge is 2.15. The molecule has 1 aromatic rings. The van der Waals surface area contributed by atoms with Gasteiger partial charge in [0.25, 0.3) is 0 Å². The Bertz CT molecular complexity index is 688. The molecule has 7 heteroatoms. The van der Waals surface area contributed by atoms with Crippen molar-refractivity contribution in [3.8, 4) is 0 Å². The first-order chi connectivity index (χ1) is 20.4. The lowest BCUT2D eigenvalue weighted by Crippen LogP contribution is -2.35. The van der Waals surface area contributed by atoms with Crippen molar-refractivity contribution in [1.29, 1.82) is 0 Å². The van der Waals surface area contributed by atoms with E-state index < -0.39 is 8.60 Å². The van der Waals surface area contributed by atoms with E-state index in [1.807, 2.05) is 30.3 Å². The van der Waals surface area contributed by atoms with E-state index in [2.05, 4.69) is 28.1 Å². The maximum atomic E-state index is 10.2. The Morgan fingerprint density at radius 2 is 1.17 bits per heavy atom. The number of ether oxygens (including phenoxy) is 2. The van der Waals surface area contributed by atoms with Crippen LogP contribution in [0.5, 0.6) is 0 Å². The summed E-state index contributed by atoms with van der Waals surface area (Å²) in [5, 5.41) is 0. The largest absolute Gasteiger partial charge is 0.379 e. The van der Waals surface area contributed by atoms with Gasteiger partial charge in [-0.05, 0) is 24.8 Å². The van der Waals surface area contributed by atoms with Crippen LogP contribution in [0, 0.1) is 0 Å². The lowest BCUT2D eigenvalue weighted by Gasteiger charge is -2.23. The predicted octanol–water partition coefficient (Wildman–Crippen LogP) is 9.59. The molecular weight excluding hydrogens is 545 g/mol. The fraction of sp³-hybridized carbons (Fsp3) is 0.829. The van der Waals surface area contributed by atoms with Crippen LogP contribution in [0.1, 0.15) is 128 Å². The summed E-state index contributed by atoms with van der Waals surface area (Å²) in [5.41, 5.74) is 1.11. The smallest absolute Gasteiger partial charge is 0.329 e. The number of quaternary nitrogens is 1. The van der Waals surface area contributed by atoms with Gasteiger partial charge >= 0.3 is 8.60 Å². The highest BCUT2D eigenvalue weighted by atomic mass is 31.2. The molecule has 0 amide bonds. The summed E-state index contributed by atoms with van der Waals surface area (Å²) in [6, 6.07) is 10.1. The minimum absolute atomic E-state index is 0.245. The molecule has 42 heavy (non-hydrogen) atoms. The van der Waals surface area contributed by atoms with Gasteiger partial charge in [0.05, 0.1) is 54.1 Å². The molecule has 0 bridgehead atoms. The molecule has 246 valence electrons. The molecule has 0 fully saturated rings. The molecule has 1 N–H and O–H groups in total. The maximum Gasteiger partial charge on any atom is 0.329 e. The van der Waals surface area contributed by atoms with Crippen molar-refractivity contribution in [2.24, 2.45) is 0 Å². The number of benzene rings is 1. The molecule has 0 spiro atoms. The van der Waals surface area contributed by atoms with Gasteiger partial charge in [-0.1, -0.05) is 134 Å². The Labute approximate surface area is 261 Å².